The molecule has 1 fully saturated rings. The van der Waals surface area contributed by atoms with Crippen LogP contribution in [0.15, 0.2) is 12.2 Å². The summed E-state index contributed by atoms with van der Waals surface area (Å²) in [4.78, 5) is 0. The largest absolute Gasteiger partial charge is 0.364 e. The van der Waals surface area contributed by atoms with E-state index in [2.05, 4.69) is 12.5 Å². The third kappa shape index (κ3) is 2.34. The lowest BCUT2D eigenvalue weighted by atomic mass is 9.83. The van der Waals surface area contributed by atoms with Crippen LogP contribution in [-0.4, -0.2) is 18.9 Å². The smallest absolute Gasteiger partial charge is 0.122 e. The molecular formula is C11H12FNO. The van der Waals surface area contributed by atoms with E-state index in [1.165, 1.54) is 0 Å². The van der Waals surface area contributed by atoms with Crippen molar-refractivity contribution in [2.75, 3.05) is 6.61 Å². The SMILES string of the molecule is C#CCOC1CC(=C)C(F)CC1C#N. The van der Waals surface area contributed by atoms with Crippen LogP contribution in [-0.2, 0) is 4.74 Å². The molecule has 3 unspecified atom stereocenters. The van der Waals surface area contributed by atoms with Gasteiger partial charge in [-0.15, -0.1) is 6.42 Å². The third-order valence-corrected chi connectivity index (χ3v) is 2.36. The van der Waals surface area contributed by atoms with Crippen molar-refractivity contribution in [1.29, 1.82) is 5.26 Å². The summed E-state index contributed by atoms with van der Waals surface area (Å²) in [5.41, 5.74) is 0.499. The van der Waals surface area contributed by atoms with Crippen molar-refractivity contribution in [3.8, 4) is 18.4 Å². The van der Waals surface area contributed by atoms with Crippen molar-refractivity contribution in [3.63, 3.8) is 0 Å². The van der Waals surface area contributed by atoms with Crippen molar-refractivity contribution < 1.29 is 9.13 Å². The van der Waals surface area contributed by atoms with Crippen LogP contribution < -0.4 is 0 Å². The van der Waals surface area contributed by atoms with Gasteiger partial charge in [-0.1, -0.05) is 12.5 Å². The maximum absolute atomic E-state index is 13.2. The molecule has 0 aromatic heterocycles. The molecule has 1 aliphatic carbocycles. The van der Waals surface area contributed by atoms with Crippen LogP contribution in [0.2, 0.25) is 0 Å². The first-order chi connectivity index (χ1) is 6.69. The number of rotatable bonds is 2. The first-order valence-electron chi connectivity index (χ1n) is 4.45. The van der Waals surface area contributed by atoms with Crippen molar-refractivity contribution in [2.45, 2.75) is 25.1 Å². The molecule has 0 saturated heterocycles. The van der Waals surface area contributed by atoms with E-state index in [0.717, 1.165) is 0 Å². The average Bonchev–Trinajstić information content (AvgIpc) is 2.19. The van der Waals surface area contributed by atoms with Crippen LogP contribution in [0.3, 0.4) is 0 Å². The molecular weight excluding hydrogens is 181 g/mol. The van der Waals surface area contributed by atoms with Crippen LogP contribution in [0.1, 0.15) is 12.8 Å². The Morgan fingerprint density at radius 3 is 3.00 bits per heavy atom. The van der Waals surface area contributed by atoms with Gasteiger partial charge >= 0.3 is 0 Å². The zero-order valence-corrected chi connectivity index (χ0v) is 7.87. The molecule has 3 heteroatoms. The molecule has 74 valence electrons. The number of hydrogen-bond donors (Lipinski definition) is 0. The van der Waals surface area contributed by atoms with E-state index in [0.29, 0.717) is 12.0 Å². The maximum Gasteiger partial charge on any atom is 0.122 e. The minimum atomic E-state index is -1.08. The number of nitrogens with zero attached hydrogens (tertiary/aromatic N) is 1. The quantitative estimate of drug-likeness (QED) is 0.495. The maximum atomic E-state index is 13.2. The lowest BCUT2D eigenvalue weighted by molar-refractivity contribution is 0.0251. The van der Waals surface area contributed by atoms with Crippen LogP contribution in [0.5, 0.6) is 0 Å². The Morgan fingerprint density at radius 1 is 1.71 bits per heavy atom. The van der Waals surface area contributed by atoms with E-state index >= 15 is 0 Å². The van der Waals surface area contributed by atoms with Gasteiger partial charge < -0.3 is 4.74 Å². The van der Waals surface area contributed by atoms with Crippen LogP contribution in [0, 0.1) is 29.6 Å². The molecule has 0 radical (unpaired) electrons. The Morgan fingerprint density at radius 2 is 2.43 bits per heavy atom. The lowest BCUT2D eigenvalue weighted by Crippen LogP contribution is -2.33. The van der Waals surface area contributed by atoms with Crippen LogP contribution >= 0.6 is 0 Å². The Hall–Kier alpha value is -1.32. The molecule has 0 aromatic carbocycles. The number of ether oxygens (including phenoxy) is 1. The normalized spacial score (nSPS) is 31.9. The van der Waals surface area contributed by atoms with Gasteiger partial charge in [-0.25, -0.2) is 4.39 Å². The molecule has 0 N–H and O–H groups in total. The molecule has 1 rings (SSSR count). The fourth-order valence-corrected chi connectivity index (χ4v) is 1.54. The number of alkyl halides is 1. The van der Waals surface area contributed by atoms with Crippen LogP contribution in [0.25, 0.3) is 0 Å². The van der Waals surface area contributed by atoms with E-state index in [-0.39, 0.29) is 19.1 Å². The molecule has 0 aliphatic heterocycles. The Labute approximate surface area is 83.4 Å². The van der Waals surface area contributed by atoms with E-state index in [1.54, 1.807) is 0 Å². The average molecular weight is 193 g/mol. The molecule has 2 nitrogen and oxygen atoms in total. The molecule has 1 aliphatic rings. The van der Waals surface area contributed by atoms with Gasteiger partial charge in [-0.05, 0) is 12.0 Å². The van der Waals surface area contributed by atoms with Crippen molar-refractivity contribution >= 4 is 0 Å². The fraction of sp³-hybridized carbons (Fsp3) is 0.545. The summed E-state index contributed by atoms with van der Waals surface area (Å²) in [5, 5.41) is 8.79. The zero-order chi connectivity index (χ0) is 10.6. The number of hydrogen-bond acceptors (Lipinski definition) is 2. The molecule has 0 aromatic rings. The second-order valence-electron chi connectivity index (χ2n) is 3.35. The third-order valence-electron chi connectivity index (χ3n) is 2.36. The van der Waals surface area contributed by atoms with Gasteiger partial charge in [0.1, 0.15) is 12.8 Å². The Bertz CT molecular complexity index is 299. The highest BCUT2D eigenvalue weighted by molar-refractivity contribution is 5.13. The lowest BCUT2D eigenvalue weighted by Gasteiger charge is -2.29. The first kappa shape index (κ1) is 10.8. The molecule has 14 heavy (non-hydrogen) atoms. The summed E-state index contributed by atoms with van der Waals surface area (Å²) in [5.74, 6) is 1.92. The minimum absolute atomic E-state index is 0.160. The molecule has 0 bridgehead atoms. The van der Waals surface area contributed by atoms with Crippen molar-refractivity contribution in [1.82, 2.24) is 0 Å². The number of terminal acetylenes is 1. The number of nitriles is 1. The highest BCUT2D eigenvalue weighted by Crippen LogP contribution is 2.31. The van der Waals surface area contributed by atoms with Crippen molar-refractivity contribution in [3.05, 3.63) is 12.2 Å². The second kappa shape index (κ2) is 4.79. The monoisotopic (exact) mass is 193 g/mol. The second-order valence-corrected chi connectivity index (χ2v) is 3.35. The molecule has 0 heterocycles. The molecule has 0 spiro atoms. The van der Waals surface area contributed by atoms with Crippen molar-refractivity contribution in [2.24, 2.45) is 5.92 Å². The van der Waals surface area contributed by atoms with Gasteiger partial charge in [0.15, 0.2) is 0 Å². The Balaban J connectivity index is 2.60. The zero-order valence-electron chi connectivity index (χ0n) is 7.87. The minimum Gasteiger partial charge on any atom is -0.364 e. The molecule has 0 amide bonds. The van der Waals surface area contributed by atoms with E-state index in [1.807, 2.05) is 6.07 Å². The summed E-state index contributed by atoms with van der Waals surface area (Å²) in [6, 6.07) is 2.04. The van der Waals surface area contributed by atoms with Gasteiger partial charge in [0.2, 0.25) is 0 Å². The summed E-state index contributed by atoms with van der Waals surface area (Å²) < 4.78 is 18.4. The summed E-state index contributed by atoms with van der Waals surface area (Å²) in [6.07, 6.45) is 4.23. The Kier molecular flexibility index (Phi) is 3.68. The topological polar surface area (TPSA) is 33.0 Å². The predicted octanol–water partition coefficient (Wildman–Crippen LogP) is 1.83. The number of halogens is 1. The van der Waals surface area contributed by atoms with Gasteiger partial charge in [-0.2, -0.15) is 5.26 Å². The predicted molar refractivity (Wildman–Crippen MR) is 50.9 cm³/mol. The summed E-state index contributed by atoms with van der Waals surface area (Å²) in [7, 11) is 0. The van der Waals surface area contributed by atoms with E-state index in [9.17, 15) is 4.39 Å². The van der Waals surface area contributed by atoms with E-state index in [4.69, 9.17) is 16.4 Å². The van der Waals surface area contributed by atoms with Gasteiger partial charge in [-0.3, -0.25) is 0 Å². The first-order valence-corrected chi connectivity index (χ1v) is 4.45. The highest BCUT2D eigenvalue weighted by atomic mass is 19.1. The highest BCUT2D eigenvalue weighted by Gasteiger charge is 2.33. The van der Waals surface area contributed by atoms with Gasteiger partial charge in [0, 0.05) is 6.42 Å². The van der Waals surface area contributed by atoms with Crippen LogP contribution in [0.4, 0.5) is 4.39 Å². The van der Waals surface area contributed by atoms with Gasteiger partial charge in [0.25, 0.3) is 0 Å². The van der Waals surface area contributed by atoms with Gasteiger partial charge in [0.05, 0.1) is 18.1 Å². The summed E-state index contributed by atoms with van der Waals surface area (Å²) >= 11 is 0. The fourth-order valence-electron chi connectivity index (χ4n) is 1.54. The molecule has 1 saturated carbocycles. The molecule has 3 atom stereocenters. The standard InChI is InChI=1S/C11H12FNO/c1-3-4-14-11-5-8(2)10(12)6-9(11)7-13/h1,9-11H,2,4-6H2. The van der Waals surface area contributed by atoms with E-state index < -0.39 is 12.1 Å². The summed E-state index contributed by atoms with van der Waals surface area (Å²) in [6.45, 7) is 3.77.